The third kappa shape index (κ3) is 3.54. The zero-order chi connectivity index (χ0) is 12.3. The molecule has 2 N–H and O–H groups in total. The van der Waals surface area contributed by atoms with Crippen LogP contribution in [0.3, 0.4) is 0 Å². The molecule has 17 heavy (non-hydrogen) atoms. The van der Waals surface area contributed by atoms with E-state index in [4.69, 9.17) is 5.11 Å². The number of sulfonamides is 1. The second-order valence-corrected chi connectivity index (χ2v) is 6.87. The Bertz CT molecular complexity index is 547. The maximum atomic E-state index is 11.6. The van der Waals surface area contributed by atoms with Crippen LogP contribution in [0.4, 0.5) is 0 Å². The Labute approximate surface area is 105 Å². The normalized spacial score (nSPS) is 15.4. The minimum Gasteiger partial charge on any atom is -0.384 e. The van der Waals surface area contributed by atoms with Gasteiger partial charge in [-0.3, -0.25) is 0 Å². The molecule has 2 rings (SSSR count). The van der Waals surface area contributed by atoms with Gasteiger partial charge in [0.15, 0.2) is 0 Å². The molecular weight excluding hydrogens is 258 g/mol. The molecule has 0 unspecified atom stereocenters. The van der Waals surface area contributed by atoms with Gasteiger partial charge in [0.2, 0.25) is 10.0 Å². The summed E-state index contributed by atoms with van der Waals surface area (Å²) in [5, 5.41) is 10.2. The molecule has 92 valence electrons. The smallest absolute Gasteiger partial charge is 0.214 e. The zero-order valence-corrected chi connectivity index (χ0v) is 10.8. The molecular formula is C11H13NO3S2. The molecule has 0 spiro atoms. The van der Waals surface area contributed by atoms with Crippen molar-refractivity contribution in [3.8, 4) is 11.8 Å². The molecule has 1 heterocycles. The van der Waals surface area contributed by atoms with Crippen molar-refractivity contribution in [1.29, 1.82) is 0 Å². The summed E-state index contributed by atoms with van der Waals surface area (Å²) in [4.78, 5) is 0.927. The van der Waals surface area contributed by atoms with Gasteiger partial charge in [-0.25, -0.2) is 13.1 Å². The molecule has 0 saturated heterocycles. The van der Waals surface area contributed by atoms with Gasteiger partial charge in [0, 0.05) is 22.4 Å². The summed E-state index contributed by atoms with van der Waals surface area (Å²) in [6.07, 6.45) is 1.54. The van der Waals surface area contributed by atoms with Crippen molar-refractivity contribution in [2.24, 2.45) is 0 Å². The average Bonchev–Trinajstić information content (AvgIpc) is 3.06. The molecule has 0 aromatic carbocycles. The van der Waals surface area contributed by atoms with Gasteiger partial charge >= 0.3 is 0 Å². The van der Waals surface area contributed by atoms with Crippen molar-refractivity contribution in [3.63, 3.8) is 0 Å². The Morgan fingerprint density at radius 2 is 2.29 bits per heavy atom. The minimum absolute atomic E-state index is 0.167. The van der Waals surface area contributed by atoms with Crippen LogP contribution in [-0.4, -0.2) is 25.4 Å². The lowest BCUT2D eigenvalue weighted by Gasteiger charge is -2.02. The molecule has 0 atom stereocenters. The number of hydrogen-bond acceptors (Lipinski definition) is 4. The second kappa shape index (κ2) is 5.19. The number of hydrogen-bond donors (Lipinski definition) is 2. The van der Waals surface area contributed by atoms with E-state index < -0.39 is 10.0 Å². The van der Waals surface area contributed by atoms with Gasteiger partial charge in [0.05, 0.1) is 5.25 Å². The van der Waals surface area contributed by atoms with Crippen LogP contribution in [0.2, 0.25) is 0 Å². The summed E-state index contributed by atoms with van der Waals surface area (Å²) < 4.78 is 25.7. The Hall–Kier alpha value is -0.870. The molecule has 0 bridgehead atoms. The molecule has 1 aliphatic carbocycles. The summed E-state index contributed by atoms with van der Waals surface area (Å²) in [5.41, 5.74) is 0.810. The molecule has 0 amide bonds. The number of rotatable bonds is 4. The Morgan fingerprint density at radius 1 is 1.53 bits per heavy atom. The van der Waals surface area contributed by atoms with Gasteiger partial charge in [-0.2, -0.15) is 0 Å². The second-order valence-electron chi connectivity index (χ2n) is 3.83. The fourth-order valence-electron chi connectivity index (χ4n) is 1.35. The van der Waals surface area contributed by atoms with E-state index in [0.717, 1.165) is 23.3 Å². The van der Waals surface area contributed by atoms with E-state index in [1.807, 2.05) is 11.4 Å². The summed E-state index contributed by atoms with van der Waals surface area (Å²) in [7, 11) is -3.11. The van der Waals surface area contributed by atoms with Crippen molar-refractivity contribution < 1.29 is 13.5 Å². The van der Waals surface area contributed by atoms with Crippen LogP contribution in [-0.2, 0) is 16.6 Å². The first-order valence-corrected chi connectivity index (χ1v) is 7.70. The summed E-state index contributed by atoms with van der Waals surface area (Å²) in [5.74, 6) is 5.33. The van der Waals surface area contributed by atoms with Crippen molar-refractivity contribution >= 4 is 21.4 Å². The Morgan fingerprint density at radius 3 is 2.94 bits per heavy atom. The summed E-state index contributed by atoms with van der Waals surface area (Å²) in [6.45, 7) is 0.157. The molecule has 4 nitrogen and oxygen atoms in total. The van der Waals surface area contributed by atoms with Gasteiger partial charge in [-0.1, -0.05) is 11.8 Å². The predicted octanol–water partition coefficient (Wildman–Crippen LogP) is 0.674. The van der Waals surface area contributed by atoms with Crippen LogP contribution in [0.1, 0.15) is 23.3 Å². The van der Waals surface area contributed by atoms with Crippen molar-refractivity contribution in [3.05, 3.63) is 21.9 Å². The van der Waals surface area contributed by atoms with E-state index in [0.29, 0.717) is 6.54 Å². The Balaban J connectivity index is 1.93. The number of nitrogens with one attached hydrogen (secondary N) is 1. The molecule has 1 aromatic heterocycles. The maximum Gasteiger partial charge on any atom is 0.214 e. The van der Waals surface area contributed by atoms with Gasteiger partial charge in [0.1, 0.15) is 6.61 Å². The standard InChI is InChI=1S/C11H13NO3S2/c13-5-1-2-9-6-10(16-8-9)7-12-17(14,15)11-3-4-11/h6,8,11-13H,3-5,7H2. The van der Waals surface area contributed by atoms with E-state index in [1.54, 1.807) is 0 Å². The lowest BCUT2D eigenvalue weighted by atomic mass is 10.3. The first-order chi connectivity index (χ1) is 8.12. The number of aliphatic hydroxyl groups is 1. The third-order valence-corrected chi connectivity index (χ3v) is 5.21. The van der Waals surface area contributed by atoms with E-state index in [2.05, 4.69) is 16.6 Å². The zero-order valence-electron chi connectivity index (χ0n) is 9.14. The first-order valence-electron chi connectivity index (χ1n) is 5.27. The largest absolute Gasteiger partial charge is 0.384 e. The maximum absolute atomic E-state index is 11.6. The fraction of sp³-hybridized carbons (Fsp3) is 0.455. The van der Waals surface area contributed by atoms with Crippen molar-refractivity contribution in [2.45, 2.75) is 24.6 Å². The van der Waals surface area contributed by atoms with Crippen molar-refractivity contribution in [1.82, 2.24) is 4.72 Å². The topological polar surface area (TPSA) is 66.4 Å². The highest BCUT2D eigenvalue weighted by atomic mass is 32.2. The Kier molecular flexibility index (Phi) is 3.84. The molecule has 0 aliphatic heterocycles. The first kappa shape index (κ1) is 12.6. The van der Waals surface area contributed by atoms with Gasteiger partial charge in [0.25, 0.3) is 0 Å². The monoisotopic (exact) mass is 271 g/mol. The third-order valence-electron chi connectivity index (χ3n) is 2.38. The van der Waals surface area contributed by atoms with Crippen LogP contribution < -0.4 is 4.72 Å². The van der Waals surface area contributed by atoms with Crippen LogP contribution in [0.25, 0.3) is 0 Å². The molecule has 1 saturated carbocycles. The van der Waals surface area contributed by atoms with Crippen LogP contribution in [0, 0.1) is 11.8 Å². The molecule has 6 heteroatoms. The quantitative estimate of drug-likeness (QED) is 0.791. The van der Waals surface area contributed by atoms with Gasteiger partial charge < -0.3 is 5.11 Å². The van der Waals surface area contributed by atoms with Crippen molar-refractivity contribution in [2.75, 3.05) is 6.61 Å². The van der Waals surface area contributed by atoms with Crippen LogP contribution in [0.15, 0.2) is 11.4 Å². The summed E-state index contributed by atoms with van der Waals surface area (Å²) in [6, 6.07) is 1.84. The molecule has 1 aliphatic rings. The van der Waals surface area contributed by atoms with E-state index >= 15 is 0 Å². The van der Waals surface area contributed by atoms with Gasteiger partial charge in [-0.15, -0.1) is 11.3 Å². The predicted molar refractivity (Wildman–Crippen MR) is 67.1 cm³/mol. The number of aliphatic hydroxyl groups excluding tert-OH is 1. The highest BCUT2D eigenvalue weighted by Crippen LogP contribution is 2.27. The highest BCUT2D eigenvalue weighted by Gasteiger charge is 2.35. The SMILES string of the molecule is O=S(=O)(NCc1cc(C#CCO)cs1)C1CC1. The number of thiophene rings is 1. The van der Waals surface area contributed by atoms with Crippen LogP contribution in [0.5, 0.6) is 0 Å². The minimum atomic E-state index is -3.11. The molecule has 0 radical (unpaired) electrons. The molecule has 1 fully saturated rings. The highest BCUT2D eigenvalue weighted by molar-refractivity contribution is 7.90. The lowest BCUT2D eigenvalue weighted by molar-refractivity contribution is 0.350. The summed E-state index contributed by atoms with van der Waals surface area (Å²) >= 11 is 1.46. The molecule has 1 aromatic rings. The van der Waals surface area contributed by atoms with Crippen LogP contribution >= 0.6 is 11.3 Å². The fourth-order valence-corrected chi connectivity index (χ4v) is 3.54. The van der Waals surface area contributed by atoms with E-state index in [-0.39, 0.29) is 11.9 Å². The average molecular weight is 271 g/mol. The van der Waals surface area contributed by atoms with E-state index in [9.17, 15) is 8.42 Å². The van der Waals surface area contributed by atoms with Gasteiger partial charge in [-0.05, 0) is 18.9 Å². The van der Waals surface area contributed by atoms with E-state index in [1.165, 1.54) is 11.3 Å². The lowest BCUT2D eigenvalue weighted by Crippen LogP contribution is -2.26.